The Balaban J connectivity index is 1.53. The second-order valence-corrected chi connectivity index (χ2v) is 7.37. The van der Waals surface area contributed by atoms with Crippen LogP contribution in [0, 0.1) is 5.92 Å². The molecule has 1 atom stereocenters. The van der Waals surface area contributed by atoms with Gasteiger partial charge in [-0.1, -0.05) is 66.7 Å². The molecule has 1 aliphatic heterocycles. The van der Waals surface area contributed by atoms with E-state index in [1.54, 1.807) is 12.0 Å². The predicted molar refractivity (Wildman–Crippen MR) is 116 cm³/mol. The van der Waals surface area contributed by atoms with Crippen LogP contribution in [0.25, 0.3) is 0 Å². The van der Waals surface area contributed by atoms with Crippen LogP contribution in [0.4, 0.5) is 5.69 Å². The summed E-state index contributed by atoms with van der Waals surface area (Å²) in [5, 5.41) is 3.16. The van der Waals surface area contributed by atoms with Crippen molar-refractivity contribution in [3.8, 4) is 5.75 Å². The molecule has 5 nitrogen and oxygen atoms in total. The van der Waals surface area contributed by atoms with Crippen LogP contribution in [0.15, 0.2) is 84.9 Å². The highest BCUT2D eigenvalue weighted by Crippen LogP contribution is 2.29. The second kappa shape index (κ2) is 8.82. The van der Waals surface area contributed by atoms with Crippen LogP contribution in [0.2, 0.25) is 0 Å². The molecule has 1 saturated heterocycles. The normalized spacial score (nSPS) is 16.0. The van der Waals surface area contributed by atoms with E-state index < -0.39 is 5.92 Å². The van der Waals surface area contributed by atoms with E-state index in [0.717, 1.165) is 16.8 Å². The van der Waals surface area contributed by atoms with Gasteiger partial charge in [0.05, 0.1) is 19.1 Å². The third-order valence-corrected chi connectivity index (χ3v) is 5.41. The molecule has 152 valence electrons. The van der Waals surface area contributed by atoms with Gasteiger partial charge in [-0.15, -0.1) is 0 Å². The number of nitrogens with one attached hydrogen (secondary N) is 1. The highest BCUT2D eigenvalue weighted by molar-refractivity contribution is 6.00. The van der Waals surface area contributed by atoms with E-state index in [1.807, 2.05) is 84.9 Å². The van der Waals surface area contributed by atoms with Crippen molar-refractivity contribution in [2.75, 3.05) is 18.6 Å². The van der Waals surface area contributed by atoms with Crippen molar-refractivity contribution in [3.05, 3.63) is 96.1 Å². The molecule has 2 amide bonds. The van der Waals surface area contributed by atoms with Crippen LogP contribution in [-0.2, 0) is 9.59 Å². The largest absolute Gasteiger partial charge is 0.497 e. The van der Waals surface area contributed by atoms with Crippen molar-refractivity contribution in [2.24, 2.45) is 5.92 Å². The number of ether oxygens (including phenoxy) is 1. The fourth-order valence-corrected chi connectivity index (χ4v) is 3.82. The lowest BCUT2D eigenvalue weighted by Crippen LogP contribution is -2.36. The maximum absolute atomic E-state index is 13.1. The topological polar surface area (TPSA) is 58.6 Å². The Hall–Kier alpha value is -3.60. The number of methoxy groups -OCH3 is 1. The molecule has 0 aliphatic carbocycles. The molecule has 0 spiro atoms. The number of hydrogen-bond acceptors (Lipinski definition) is 3. The molecule has 1 heterocycles. The van der Waals surface area contributed by atoms with Crippen molar-refractivity contribution in [3.63, 3.8) is 0 Å². The molecule has 0 saturated carbocycles. The molecule has 0 bridgehead atoms. The summed E-state index contributed by atoms with van der Waals surface area (Å²) in [6, 6.07) is 26.8. The minimum absolute atomic E-state index is 0.0561. The maximum Gasteiger partial charge on any atom is 0.227 e. The van der Waals surface area contributed by atoms with Crippen molar-refractivity contribution < 1.29 is 14.3 Å². The molecule has 1 unspecified atom stereocenters. The Bertz CT molecular complexity index is 981. The van der Waals surface area contributed by atoms with Gasteiger partial charge in [0.25, 0.3) is 0 Å². The van der Waals surface area contributed by atoms with Gasteiger partial charge < -0.3 is 15.0 Å². The molecule has 3 aromatic rings. The molecule has 3 aromatic carbocycles. The zero-order chi connectivity index (χ0) is 20.9. The number of carbonyl (C=O) groups excluding carboxylic acids is 2. The minimum Gasteiger partial charge on any atom is -0.497 e. The van der Waals surface area contributed by atoms with Gasteiger partial charge in [-0.05, 0) is 23.3 Å². The predicted octanol–water partition coefficient (Wildman–Crippen LogP) is 3.95. The second-order valence-electron chi connectivity index (χ2n) is 7.37. The number of benzene rings is 3. The summed E-state index contributed by atoms with van der Waals surface area (Å²) in [7, 11) is 1.59. The number of hydrogen-bond donors (Lipinski definition) is 1. The molecule has 0 aromatic heterocycles. The van der Waals surface area contributed by atoms with E-state index in [4.69, 9.17) is 4.74 Å². The maximum atomic E-state index is 13.1. The SMILES string of the molecule is COc1cccc(N2CC(C(=O)NC(c3ccccc3)c3ccccc3)CC2=O)c1. The quantitative estimate of drug-likeness (QED) is 0.682. The third-order valence-electron chi connectivity index (χ3n) is 5.41. The average Bonchev–Trinajstić information content (AvgIpc) is 3.20. The molecule has 1 aliphatic rings. The Labute approximate surface area is 176 Å². The standard InChI is InChI=1S/C25H24N2O3/c1-30-22-14-8-13-21(16-22)27-17-20(15-23(27)28)25(29)26-24(18-9-4-2-5-10-18)19-11-6-3-7-12-19/h2-14,16,20,24H,15,17H2,1H3,(H,26,29). The first-order chi connectivity index (χ1) is 14.7. The molecule has 4 rings (SSSR count). The first kappa shape index (κ1) is 19.7. The van der Waals surface area contributed by atoms with E-state index >= 15 is 0 Å². The van der Waals surface area contributed by atoms with Crippen molar-refractivity contribution in [1.82, 2.24) is 5.32 Å². The van der Waals surface area contributed by atoms with Gasteiger partial charge in [0.1, 0.15) is 5.75 Å². The van der Waals surface area contributed by atoms with Gasteiger partial charge in [0, 0.05) is 24.7 Å². The Kier molecular flexibility index (Phi) is 5.80. The van der Waals surface area contributed by atoms with Crippen LogP contribution in [0.1, 0.15) is 23.6 Å². The van der Waals surface area contributed by atoms with Crippen molar-refractivity contribution in [1.29, 1.82) is 0 Å². The van der Waals surface area contributed by atoms with Crippen LogP contribution in [-0.4, -0.2) is 25.5 Å². The number of amides is 2. The van der Waals surface area contributed by atoms with E-state index in [2.05, 4.69) is 5.32 Å². The summed E-state index contributed by atoms with van der Waals surface area (Å²) in [4.78, 5) is 27.4. The zero-order valence-electron chi connectivity index (χ0n) is 16.8. The summed E-state index contributed by atoms with van der Waals surface area (Å²) in [6.07, 6.45) is 0.194. The van der Waals surface area contributed by atoms with Crippen molar-refractivity contribution in [2.45, 2.75) is 12.5 Å². The lowest BCUT2D eigenvalue weighted by molar-refractivity contribution is -0.126. The fraction of sp³-hybridized carbons (Fsp3) is 0.200. The van der Waals surface area contributed by atoms with E-state index in [-0.39, 0.29) is 24.3 Å². The van der Waals surface area contributed by atoms with Gasteiger partial charge in [0.2, 0.25) is 11.8 Å². The van der Waals surface area contributed by atoms with E-state index in [0.29, 0.717) is 12.3 Å². The van der Waals surface area contributed by atoms with Crippen LogP contribution in [0.3, 0.4) is 0 Å². The number of anilines is 1. The van der Waals surface area contributed by atoms with Gasteiger partial charge >= 0.3 is 0 Å². The highest BCUT2D eigenvalue weighted by atomic mass is 16.5. The van der Waals surface area contributed by atoms with Gasteiger partial charge in [-0.2, -0.15) is 0 Å². The van der Waals surface area contributed by atoms with Crippen molar-refractivity contribution >= 4 is 17.5 Å². The number of rotatable bonds is 6. The monoisotopic (exact) mass is 400 g/mol. The number of carbonyl (C=O) groups is 2. The van der Waals surface area contributed by atoms with Gasteiger partial charge in [-0.3, -0.25) is 9.59 Å². The lowest BCUT2D eigenvalue weighted by Gasteiger charge is -2.22. The third kappa shape index (κ3) is 4.20. The minimum atomic E-state index is -0.404. The molecule has 1 N–H and O–H groups in total. The van der Waals surface area contributed by atoms with Crippen LogP contribution in [0.5, 0.6) is 5.75 Å². The molecule has 5 heteroatoms. The Morgan fingerprint density at radius 3 is 2.20 bits per heavy atom. The highest BCUT2D eigenvalue weighted by Gasteiger charge is 2.36. The summed E-state index contributed by atoms with van der Waals surface area (Å²) < 4.78 is 5.26. The van der Waals surface area contributed by atoms with Gasteiger partial charge in [-0.25, -0.2) is 0 Å². The van der Waals surface area contributed by atoms with Crippen LogP contribution >= 0.6 is 0 Å². The summed E-state index contributed by atoms with van der Waals surface area (Å²) in [5.41, 5.74) is 2.76. The summed E-state index contributed by atoms with van der Waals surface area (Å²) >= 11 is 0. The zero-order valence-corrected chi connectivity index (χ0v) is 16.8. The molecule has 30 heavy (non-hydrogen) atoms. The van der Waals surface area contributed by atoms with E-state index in [1.165, 1.54) is 0 Å². The lowest BCUT2D eigenvalue weighted by atomic mass is 9.97. The first-order valence-corrected chi connectivity index (χ1v) is 10.0. The summed E-state index contributed by atoms with van der Waals surface area (Å²) in [6.45, 7) is 0.355. The average molecular weight is 400 g/mol. The number of nitrogens with zero attached hydrogens (tertiary/aromatic N) is 1. The Morgan fingerprint density at radius 2 is 1.60 bits per heavy atom. The molecule has 1 fully saturated rings. The first-order valence-electron chi connectivity index (χ1n) is 10.0. The Morgan fingerprint density at radius 1 is 0.967 bits per heavy atom. The molecular weight excluding hydrogens is 376 g/mol. The molecular formula is C25H24N2O3. The fourth-order valence-electron chi connectivity index (χ4n) is 3.82. The van der Waals surface area contributed by atoms with Gasteiger partial charge in [0.15, 0.2) is 0 Å². The summed E-state index contributed by atoms with van der Waals surface area (Å²) in [5.74, 6) is 0.103. The van der Waals surface area contributed by atoms with Crippen LogP contribution < -0.4 is 15.0 Å². The molecule has 0 radical (unpaired) electrons. The van der Waals surface area contributed by atoms with E-state index in [9.17, 15) is 9.59 Å². The smallest absolute Gasteiger partial charge is 0.227 e.